The van der Waals surface area contributed by atoms with Crippen molar-refractivity contribution in [2.75, 3.05) is 26.2 Å². The van der Waals surface area contributed by atoms with E-state index in [1.165, 1.54) is 0 Å². The molecule has 2 amide bonds. The standard InChI is InChI=1S/C21H34N4O4/c1-6-9-22-17(26)12-25-10-7-16(8-11-25)24-20(27)19-14(4)18(15(5)23-19)21(28)29-13(2)3/h13,16,23H,6-12H2,1-5H3,(H,22,26)(H,24,27). The Balaban J connectivity index is 1.90. The van der Waals surface area contributed by atoms with Gasteiger partial charge in [-0.25, -0.2) is 4.79 Å². The number of H-pyrrole nitrogens is 1. The van der Waals surface area contributed by atoms with Gasteiger partial charge in [-0.05, 0) is 52.5 Å². The molecule has 0 aromatic carbocycles. The van der Waals surface area contributed by atoms with E-state index in [4.69, 9.17) is 4.74 Å². The molecule has 1 fully saturated rings. The summed E-state index contributed by atoms with van der Waals surface area (Å²) in [5.74, 6) is -0.582. The lowest BCUT2D eigenvalue weighted by Crippen LogP contribution is -2.47. The molecule has 0 bridgehead atoms. The monoisotopic (exact) mass is 406 g/mol. The summed E-state index contributed by atoms with van der Waals surface area (Å²) in [6.07, 6.45) is 2.28. The van der Waals surface area contributed by atoms with Crippen LogP contribution in [-0.2, 0) is 9.53 Å². The van der Waals surface area contributed by atoms with E-state index in [1.807, 2.05) is 6.92 Å². The van der Waals surface area contributed by atoms with E-state index in [9.17, 15) is 14.4 Å². The molecule has 0 radical (unpaired) electrons. The smallest absolute Gasteiger partial charge is 0.340 e. The zero-order chi connectivity index (χ0) is 21.6. The summed E-state index contributed by atoms with van der Waals surface area (Å²) in [6, 6.07) is 0.0477. The van der Waals surface area contributed by atoms with E-state index >= 15 is 0 Å². The lowest BCUT2D eigenvalue weighted by molar-refractivity contribution is -0.122. The van der Waals surface area contributed by atoms with Gasteiger partial charge in [0.25, 0.3) is 5.91 Å². The van der Waals surface area contributed by atoms with Crippen LogP contribution in [0.4, 0.5) is 0 Å². The molecular formula is C21H34N4O4. The van der Waals surface area contributed by atoms with Crippen molar-refractivity contribution >= 4 is 17.8 Å². The molecule has 1 aliphatic heterocycles. The van der Waals surface area contributed by atoms with Gasteiger partial charge < -0.3 is 20.4 Å². The van der Waals surface area contributed by atoms with Gasteiger partial charge in [-0.15, -0.1) is 0 Å². The highest BCUT2D eigenvalue weighted by molar-refractivity contribution is 6.00. The van der Waals surface area contributed by atoms with E-state index in [0.29, 0.717) is 35.6 Å². The minimum atomic E-state index is -0.417. The average molecular weight is 407 g/mol. The largest absolute Gasteiger partial charge is 0.459 e. The van der Waals surface area contributed by atoms with Crippen molar-refractivity contribution in [3.63, 3.8) is 0 Å². The number of amides is 2. The van der Waals surface area contributed by atoms with Gasteiger partial charge in [0, 0.05) is 31.4 Å². The van der Waals surface area contributed by atoms with Gasteiger partial charge in [-0.1, -0.05) is 6.92 Å². The second kappa shape index (κ2) is 10.4. The van der Waals surface area contributed by atoms with Gasteiger partial charge in [0.05, 0.1) is 18.2 Å². The lowest BCUT2D eigenvalue weighted by Gasteiger charge is -2.31. The number of nitrogens with one attached hydrogen (secondary N) is 3. The molecule has 1 aliphatic rings. The van der Waals surface area contributed by atoms with E-state index in [1.54, 1.807) is 27.7 Å². The fourth-order valence-corrected chi connectivity index (χ4v) is 3.57. The van der Waals surface area contributed by atoms with Crippen molar-refractivity contribution in [2.45, 2.75) is 66.0 Å². The summed E-state index contributed by atoms with van der Waals surface area (Å²) in [6.45, 7) is 11.8. The first kappa shape index (κ1) is 22.9. The van der Waals surface area contributed by atoms with Gasteiger partial charge in [-0.2, -0.15) is 0 Å². The highest BCUT2D eigenvalue weighted by Gasteiger charge is 2.26. The molecule has 2 rings (SSSR count). The summed E-state index contributed by atoms with van der Waals surface area (Å²) in [7, 11) is 0. The topological polar surface area (TPSA) is 104 Å². The Morgan fingerprint density at radius 3 is 2.45 bits per heavy atom. The quantitative estimate of drug-likeness (QED) is 0.572. The maximum Gasteiger partial charge on any atom is 0.340 e. The number of aromatic amines is 1. The number of carbonyl (C=O) groups excluding carboxylic acids is 3. The molecule has 29 heavy (non-hydrogen) atoms. The normalized spacial score (nSPS) is 15.4. The van der Waals surface area contributed by atoms with Crippen LogP contribution in [0.15, 0.2) is 0 Å². The van der Waals surface area contributed by atoms with Crippen molar-refractivity contribution in [2.24, 2.45) is 0 Å². The van der Waals surface area contributed by atoms with E-state index in [0.717, 1.165) is 32.4 Å². The second-order valence-corrected chi connectivity index (χ2v) is 7.95. The Morgan fingerprint density at radius 2 is 1.86 bits per heavy atom. The van der Waals surface area contributed by atoms with E-state index in [2.05, 4.69) is 20.5 Å². The van der Waals surface area contributed by atoms with Crippen LogP contribution in [0.25, 0.3) is 0 Å². The molecule has 1 aromatic rings. The highest BCUT2D eigenvalue weighted by atomic mass is 16.5. The average Bonchev–Trinajstić information content (AvgIpc) is 2.95. The number of hydrogen-bond donors (Lipinski definition) is 3. The Bertz CT molecular complexity index is 733. The summed E-state index contributed by atoms with van der Waals surface area (Å²) in [5.41, 5.74) is 2.07. The number of aromatic nitrogens is 1. The molecule has 2 heterocycles. The molecule has 8 nitrogen and oxygen atoms in total. The summed E-state index contributed by atoms with van der Waals surface area (Å²) in [5, 5.41) is 5.94. The molecule has 0 saturated carbocycles. The van der Waals surface area contributed by atoms with Gasteiger partial charge in [-0.3, -0.25) is 14.5 Å². The molecule has 1 aromatic heterocycles. The first-order valence-corrected chi connectivity index (χ1v) is 10.4. The van der Waals surface area contributed by atoms with Crippen molar-refractivity contribution < 1.29 is 19.1 Å². The van der Waals surface area contributed by atoms with Crippen LogP contribution in [0.2, 0.25) is 0 Å². The summed E-state index contributed by atoms with van der Waals surface area (Å²) >= 11 is 0. The van der Waals surface area contributed by atoms with Crippen LogP contribution in [0.5, 0.6) is 0 Å². The molecule has 0 aliphatic carbocycles. The second-order valence-electron chi connectivity index (χ2n) is 7.95. The molecule has 3 N–H and O–H groups in total. The van der Waals surface area contributed by atoms with E-state index in [-0.39, 0.29) is 24.0 Å². The number of likely N-dealkylation sites (tertiary alicyclic amines) is 1. The molecule has 1 saturated heterocycles. The van der Waals surface area contributed by atoms with Gasteiger partial charge in [0.1, 0.15) is 5.69 Å². The molecule has 0 atom stereocenters. The summed E-state index contributed by atoms with van der Waals surface area (Å²) in [4.78, 5) is 42.0. The fraction of sp³-hybridized carbons (Fsp3) is 0.667. The molecule has 162 valence electrons. The maximum atomic E-state index is 12.7. The van der Waals surface area contributed by atoms with Crippen molar-refractivity contribution in [3.8, 4) is 0 Å². The predicted octanol–water partition coefficient (Wildman–Crippen LogP) is 1.92. The highest BCUT2D eigenvalue weighted by Crippen LogP contribution is 2.20. The van der Waals surface area contributed by atoms with Crippen LogP contribution in [0.1, 0.15) is 72.1 Å². The Labute approximate surface area is 172 Å². The fourth-order valence-electron chi connectivity index (χ4n) is 3.57. The molecule has 0 spiro atoms. The number of rotatable bonds is 8. The number of hydrogen-bond acceptors (Lipinski definition) is 5. The third-order valence-electron chi connectivity index (χ3n) is 5.07. The number of nitrogens with zero attached hydrogens (tertiary/aromatic N) is 1. The predicted molar refractivity (Wildman–Crippen MR) is 111 cm³/mol. The van der Waals surface area contributed by atoms with Gasteiger partial charge in [0.15, 0.2) is 0 Å². The van der Waals surface area contributed by atoms with Crippen LogP contribution < -0.4 is 10.6 Å². The maximum absolute atomic E-state index is 12.7. The van der Waals surface area contributed by atoms with Gasteiger partial charge >= 0.3 is 5.97 Å². The zero-order valence-corrected chi connectivity index (χ0v) is 18.2. The molecule has 0 unspecified atom stereocenters. The first-order valence-electron chi connectivity index (χ1n) is 10.4. The first-order chi connectivity index (χ1) is 13.7. The Morgan fingerprint density at radius 1 is 1.21 bits per heavy atom. The van der Waals surface area contributed by atoms with Crippen molar-refractivity contribution in [1.29, 1.82) is 0 Å². The van der Waals surface area contributed by atoms with Crippen LogP contribution in [-0.4, -0.2) is 66.0 Å². The van der Waals surface area contributed by atoms with Gasteiger partial charge in [0.2, 0.25) is 5.91 Å². The van der Waals surface area contributed by atoms with Crippen LogP contribution in [0.3, 0.4) is 0 Å². The Kier molecular flexibility index (Phi) is 8.25. The molecule has 8 heteroatoms. The summed E-state index contributed by atoms with van der Waals surface area (Å²) < 4.78 is 5.28. The van der Waals surface area contributed by atoms with Crippen LogP contribution in [0, 0.1) is 13.8 Å². The molecular weight excluding hydrogens is 372 g/mol. The van der Waals surface area contributed by atoms with Crippen LogP contribution >= 0.6 is 0 Å². The van der Waals surface area contributed by atoms with E-state index < -0.39 is 5.97 Å². The zero-order valence-electron chi connectivity index (χ0n) is 18.2. The SMILES string of the molecule is CCCNC(=O)CN1CCC(NC(=O)c2[nH]c(C)c(C(=O)OC(C)C)c2C)CC1. The van der Waals surface area contributed by atoms with Crippen molar-refractivity contribution in [1.82, 2.24) is 20.5 Å². The third-order valence-corrected chi connectivity index (χ3v) is 5.07. The number of aryl methyl sites for hydroxylation is 1. The number of esters is 1. The minimum absolute atomic E-state index is 0.0477. The van der Waals surface area contributed by atoms with Crippen molar-refractivity contribution in [3.05, 3.63) is 22.5 Å². The number of ether oxygens (including phenoxy) is 1. The lowest BCUT2D eigenvalue weighted by atomic mass is 10.0. The number of carbonyl (C=O) groups is 3. The number of piperidine rings is 1. The Hall–Kier alpha value is -2.35. The third kappa shape index (κ3) is 6.32. The minimum Gasteiger partial charge on any atom is -0.459 e.